The van der Waals surface area contributed by atoms with Crippen LogP contribution in [0.5, 0.6) is 5.75 Å². The predicted molar refractivity (Wildman–Crippen MR) is 126 cm³/mol. The lowest BCUT2D eigenvalue weighted by Crippen LogP contribution is -2.51. The smallest absolute Gasteiger partial charge is 0.316 e. The maximum Gasteiger partial charge on any atom is 0.316 e. The summed E-state index contributed by atoms with van der Waals surface area (Å²) in [5, 5.41) is 3.20. The average Bonchev–Trinajstić information content (AvgIpc) is 2.82. The van der Waals surface area contributed by atoms with Gasteiger partial charge in [-0.25, -0.2) is 0 Å². The molecule has 1 saturated heterocycles. The predicted octanol–water partition coefficient (Wildman–Crippen LogP) is 2.43. The number of aromatic amines is 1. The first-order valence-corrected chi connectivity index (χ1v) is 11.4. The molecule has 1 amide bonds. The molecule has 2 N–H and O–H groups in total. The molecule has 8 heteroatoms. The number of aryl methyl sites for hydroxylation is 1. The van der Waals surface area contributed by atoms with Crippen molar-refractivity contribution >= 4 is 16.9 Å². The van der Waals surface area contributed by atoms with Gasteiger partial charge < -0.3 is 24.5 Å². The number of fused-ring (bicyclic) bond motifs is 2. The van der Waals surface area contributed by atoms with E-state index in [0.29, 0.717) is 29.6 Å². The minimum Gasteiger partial charge on any atom is -0.487 e. The Labute approximate surface area is 191 Å². The van der Waals surface area contributed by atoms with E-state index in [1.54, 1.807) is 18.2 Å². The quantitative estimate of drug-likeness (QED) is 0.600. The van der Waals surface area contributed by atoms with Crippen LogP contribution in [-0.4, -0.2) is 46.1 Å². The Morgan fingerprint density at radius 2 is 1.94 bits per heavy atom. The van der Waals surface area contributed by atoms with Crippen LogP contribution in [-0.2, 0) is 6.54 Å². The molecule has 5 rings (SSSR count). The highest BCUT2D eigenvalue weighted by atomic mass is 16.5. The van der Waals surface area contributed by atoms with Gasteiger partial charge in [-0.15, -0.1) is 0 Å². The summed E-state index contributed by atoms with van der Waals surface area (Å²) in [4.78, 5) is 42.3. The van der Waals surface area contributed by atoms with E-state index < -0.39 is 11.1 Å². The molecule has 0 bridgehead atoms. The van der Waals surface area contributed by atoms with E-state index >= 15 is 0 Å². The third-order valence-corrected chi connectivity index (χ3v) is 6.95. The van der Waals surface area contributed by atoms with Gasteiger partial charge in [-0.2, -0.15) is 0 Å². The van der Waals surface area contributed by atoms with Gasteiger partial charge in [-0.3, -0.25) is 14.4 Å². The maximum absolute atomic E-state index is 13.3. The van der Waals surface area contributed by atoms with Crippen molar-refractivity contribution in [3.8, 4) is 5.75 Å². The maximum atomic E-state index is 13.3. The second-order valence-electron chi connectivity index (χ2n) is 9.09. The number of amides is 1. The number of ether oxygens (including phenoxy) is 1. The van der Waals surface area contributed by atoms with Crippen molar-refractivity contribution in [2.24, 2.45) is 0 Å². The van der Waals surface area contributed by atoms with E-state index in [-0.39, 0.29) is 17.6 Å². The lowest BCUT2D eigenvalue weighted by molar-refractivity contribution is -0.0195. The normalized spacial score (nSPS) is 19.8. The highest BCUT2D eigenvalue weighted by Gasteiger charge is 2.43. The standard InChI is InChI=1S/C25H28N4O4/c1-3-29-20-9-8-16(14-18(20)26-23(31)24(29)32)22(30)27-19-15-25(10-12-28(2)13-11-25)33-21-7-5-4-6-17(19)21/h4-9,14,19H,3,10-13,15H2,1-2H3,(H,26,31)(H,27,30). The number of hydrogen-bond acceptors (Lipinski definition) is 5. The Bertz CT molecular complexity index is 1330. The highest BCUT2D eigenvalue weighted by molar-refractivity contribution is 5.97. The molecule has 2 aliphatic rings. The average molecular weight is 449 g/mol. The molecule has 2 aromatic carbocycles. The van der Waals surface area contributed by atoms with Crippen LogP contribution in [0.25, 0.3) is 11.0 Å². The van der Waals surface area contributed by atoms with Crippen molar-refractivity contribution in [3.05, 3.63) is 74.3 Å². The SMILES string of the molecule is CCn1c(=O)c(=O)[nH]c2cc(C(=O)NC3CC4(CCN(C)CC4)Oc4ccccc43)ccc21. The second kappa shape index (κ2) is 8.19. The Balaban J connectivity index is 1.46. The summed E-state index contributed by atoms with van der Waals surface area (Å²) >= 11 is 0. The van der Waals surface area contributed by atoms with Crippen molar-refractivity contribution in [2.45, 2.75) is 44.4 Å². The minimum absolute atomic E-state index is 0.176. The van der Waals surface area contributed by atoms with Gasteiger partial charge in [-0.05, 0) is 51.1 Å². The lowest BCUT2D eigenvalue weighted by atomic mass is 9.80. The zero-order valence-electron chi connectivity index (χ0n) is 18.9. The molecule has 172 valence electrons. The van der Waals surface area contributed by atoms with E-state index in [4.69, 9.17) is 4.74 Å². The molecule has 1 fully saturated rings. The zero-order valence-corrected chi connectivity index (χ0v) is 18.9. The number of hydrogen-bond donors (Lipinski definition) is 2. The van der Waals surface area contributed by atoms with Crippen LogP contribution in [0.15, 0.2) is 52.1 Å². The number of rotatable bonds is 3. The Morgan fingerprint density at radius 1 is 1.18 bits per heavy atom. The summed E-state index contributed by atoms with van der Waals surface area (Å²) in [6.07, 6.45) is 2.54. The summed E-state index contributed by atoms with van der Waals surface area (Å²) in [6, 6.07) is 12.7. The van der Waals surface area contributed by atoms with E-state index in [9.17, 15) is 14.4 Å². The molecule has 2 aliphatic heterocycles. The summed E-state index contributed by atoms with van der Waals surface area (Å²) in [5.41, 5.74) is 0.901. The number of carbonyl (C=O) groups excluding carboxylic acids is 1. The molecule has 0 saturated carbocycles. The molecule has 1 spiro atoms. The van der Waals surface area contributed by atoms with Crippen LogP contribution in [0.1, 0.15) is 48.1 Å². The van der Waals surface area contributed by atoms with Gasteiger partial charge in [0.2, 0.25) is 0 Å². The molecule has 8 nitrogen and oxygen atoms in total. The van der Waals surface area contributed by atoms with Gasteiger partial charge in [0.25, 0.3) is 5.91 Å². The Hall–Kier alpha value is -3.39. The third kappa shape index (κ3) is 3.84. The molecule has 3 heterocycles. The molecule has 1 unspecified atom stereocenters. The lowest BCUT2D eigenvalue weighted by Gasteiger charge is -2.46. The zero-order chi connectivity index (χ0) is 23.2. The number of nitrogens with zero attached hydrogens (tertiary/aromatic N) is 2. The Morgan fingerprint density at radius 3 is 2.70 bits per heavy atom. The first-order valence-electron chi connectivity index (χ1n) is 11.4. The van der Waals surface area contributed by atoms with Crippen molar-refractivity contribution in [1.29, 1.82) is 0 Å². The fourth-order valence-electron chi connectivity index (χ4n) is 5.06. The molecule has 0 radical (unpaired) electrons. The van der Waals surface area contributed by atoms with Gasteiger partial charge in [0, 0.05) is 37.2 Å². The first-order chi connectivity index (χ1) is 15.9. The van der Waals surface area contributed by atoms with Crippen LogP contribution in [0.3, 0.4) is 0 Å². The number of H-pyrrole nitrogens is 1. The van der Waals surface area contributed by atoms with Crippen LogP contribution in [0.4, 0.5) is 0 Å². The van der Waals surface area contributed by atoms with E-state index in [1.807, 2.05) is 31.2 Å². The summed E-state index contributed by atoms with van der Waals surface area (Å²) in [5.74, 6) is 0.602. The molecular weight excluding hydrogens is 420 g/mol. The first kappa shape index (κ1) is 21.5. The van der Waals surface area contributed by atoms with E-state index in [1.165, 1.54) is 4.57 Å². The van der Waals surface area contributed by atoms with Gasteiger partial charge in [0.1, 0.15) is 11.4 Å². The highest BCUT2D eigenvalue weighted by Crippen LogP contribution is 2.44. The minimum atomic E-state index is -0.690. The van der Waals surface area contributed by atoms with Crippen molar-refractivity contribution < 1.29 is 9.53 Å². The summed E-state index contributed by atoms with van der Waals surface area (Å²) in [6.45, 7) is 4.10. The van der Waals surface area contributed by atoms with Gasteiger partial charge >= 0.3 is 11.1 Å². The van der Waals surface area contributed by atoms with Crippen molar-refractivity contribution in [1.82, 2.24) is 19.8 Å². The Kier molecular flexibility index (Phi) is 5.32. The summed E-state index contributed by atoms with van der Waals surface area (Å²) in [7, 11) is 2.12. The summed E-state index contributed by atoms with van der Waals surface area (Å²) < 4.78 is 7.89. The number of piperidine rings is 1. The molecule has 0 aliphatic carbocycles. The van der Waals surface area contributed by atoms with Crippen molar-refractivity contribution in [3.63, 3.8) is 0 Å². The number of carbonyl (C=O) groups is 1. The number of aromatic nitrogens is 2. The molecule has 1 aromatic heterocycles. The largest absolute Gasteiger partial charge is 0.487 e. The topological polar surface area (TPSA) is 96.4 Å². The van der Waals surface area contributed by atoms with Crippen LogP contribution in [0, 0.1) is 0 Å². The van der Waals surface area contributed by atoms with Gasteiger partial charge in [-0.1, -0.05) is 18.2 Å². The van der Waals surface area contributed by atoms with Gasteiger partial charge in [0.05, 0.1) is 17.1 Å². The van der Waals surface area contributed by atoms with E-state index in [2.05, 4.69) is 22.2 Å². The van der Waals surface area contributed by atoms with Crippen LogP contribution >= 0.6 is 0 Å². The monoisotopic (exact) mass is 448 g/mol. The van der Waals surface area contributed by atoms with Crippen molar-refractivity contribution in [2.75, 3.05) is 20.1 Å². The number of likely N-dealkylation sites (tertiary alicyclic amines) is 1. The fraction of sp³-hybridized carbons (Fsp3) is 0.400. The van der Waals surface area contributed by atoms with E-state index in [0.717, 1.165) is 37.2 Å². The molecule has 1 atom stereocenters. The third-order valence-electron chi connectivity index (χ3n) is 6.95. The second-order valence-corrected chi connectivity index (χ2v) is 9.09. The molecular formula is C25H28N4O4. The molecule has 33 heavy (non-hydrogen) atoms. The number of benzene rings is 2. The van der Waals surface area contributed by atoms with Gasteiger partial charge in [0.15, 0.2) is 0 Å². The number of nitrogens with one attached hydrogen (secondary N) is 2. The van der Waals surface area contributed by atoms with Crippen LogP contribution < -0.4 is 21.2 Å². The number of para-hydroxylation sites is 1. The molecule has 3 aromatic rings. The van der Waals surface area contributed by atoms with Crippen LogP contribution in [0.2, 0.25) is 0 Å². The fourth-order valence-corrected chi connectivity index (χ4v) is 5.06.